The van der Waals surface area contributed by atoms with Crippen LogP contribution < -0.4 is 19.7 Å². The first-order valence-electron chi connectivity index (χ1n) is 13.6. The Morgan fingerprint density at radius 2 is 1.78 bits per heavy atom. The highest BCUT2D eigenvalue weighted by atomic mass is 32.1. The standard InChI is InChI=1S/C30H30N6O4S/c1-4-40-28-27-26(33-30(34-28)35-15-13-31-14-16-35)24-18(2)23(17-19-5-9-21(10-6-19)36(37)38)25(32-29(24)41-27)20-7-11-22(39-3)12-8-20/h5-12,31H,4,13-17H2,1-3H3. The third-order valence-electron chi connectivity index (χ3n) is 7.37. The third-order valence-corrected chi connectivity index (χ3v) is 8.43. The van der Waals surface area contributed by atoms with Crippen molar-refractivity contribution in [3.8, 4) is 22.9 Å². The van der Waals surface area contributed by atoms with Crippen molar-refractivity contribution < 1.29 is 14.4 Å². The molecule has 1 fully saturated rings. The number of rotatable bonds is 8. The molecule has 10 nitrogen and oxygen atoms in total. The molecule has 6 rings (SSSR count). The number of hydrogen-bond donors (Lipinski definition) is 1. The first-order chi connectivity index (χ1) is 20.0. The van der Waals surface area contributed by atoms with Crippen LogP contribution in [-0.2, 0) is 6.42 Å². The number of nitro benzene ring substituents is 1. The van der Waals surface area contributed by atoms with Gasteiger partial charge in [-0.2, -0.15) is 4.98 Å². The van der Waals surface area contributed by atoms with Crippen molar-refractivity contribution in [1.29, 1.82) is 0 Å². The molecule has 0 amide bonds. The van der Waals surface area contributed by atoms with Gasteiger partial charge in [0.05, 0.1) is 24.3 Å². The molecule has 0 radical (unpaired) electrons. The first-order valence-corrected chi connectivity index (χ1v) is 14.4. The molecule has 41 heavy (non-hydrogen) atoms. The number of thiophene rings is 1. The number of ether oxygens (including phenoxy) is 2. The Hall–Kier alpha value is -4.35. The number of non-ortho nitro benzene ring substituents is 1. The molecule has 1 aliphatic heterocycles. The van der Waals surface area contributed by atoms with E-state index in [1.807, 2.05) is 43.3 Å². The molecule has 3 aromatic heterocycles. The van der Waals surface area contributed by atoms with Crippen molar-refractivity contribution in [3.63, 3.8) is 0 Å². The Morgan fingerprint density at radius 3 is 2.44 bits per heavy atom. The van der Waals surface area contributed by atoms with Gasteiger partial charge in [-0.25, -0.2) is 9.97 Å². The topological polar surface area (TPSA) is 116 Å². The van der Waals surface area contributed by atoms with E-state index in [2.05, 4.69) is 17.1 Å². The maximum atomic E-state index is 11.2. The normalized spacial score (nSPS) is 13.6. The minimum absolute atomic E-state index is 0.0684. The van der Waals surface area contributed by atoms with E-state index in [0.29, 0.717) is 24.9 Å². The van der Waals surface area contributed by atoms with Gasteiger partial charge in [-0.05, 0) is 61.2 Å². The number of nitrogens with zero attached hydrogens (tertiary/aromatic N) is 5. The summed E-state index contributed by atoms with van der Waals surface area (Å²) in [6, 6.07) is 14.6. The molecule has 0 atom stereocenters. The summed E-state index contributed by atoms with van der Waals surface area (Å²) >= 11 is 1.54. The number of nitro groups is 1. The Bertz CT molecular complexity index is 1730. The van der Waals surface area contributed by atoms with Gasteiger partial charge in [-0.3, -0.25) is 10.1 Å². The Balaban J connectivity index is 1.57. The van der Waals surface area contributed by atoms with Gasteiger partial charge in [0.1, 0.15) is 20.8 Å². The van der Waals surface area contributed by atoms with Gasteiger partial charge in [0.25, 0.3) is 5.69 Å². The molecule has 0 aliphatic carbocycles. The summed E-state index contributed by atoms with van der Waals surface area (Å²) in [5, 5.41) is 15.6. The lowest BCUT2D eigenvalue weighted by molar-refractivity contribution is -0.384. The van der Waals surface area contributed by atoms with E-state index < -0.39 is 0 Å². The fourth-order valence-electron chi connectivity index (χ4n) is 5.23. The smallest absolute Gasteiger partial charge is 0.269 e. The van der Waals surface area contributed by atoms with Crippen molar-refractivity contribution in [1.82, 2.24) is 20.3 Å². The van der Waals surface area contributed by atoms with Crippen LogP contribution in [0.3, 0.4) is 0 Å². The number of nitrogens with one attached hydrogen (secondary N) is 1. The summed E-state index contributed by atoms with van der Waals surface area (Å²) in [4.78, 5) is 29.0. The number of hydrogen-bond acceptors (Lipinski definition) is 10. The summed E-state index contributed by atoms with van der Waals surface area (Å²) in [5.41, 5.74) is 5.79. The highest BCUT2D eigenvalue weighted by molar-refractivity contribution is 7.25. The molecule has 210 valence electrons. The van der Waals surface area contributed by atoms with E-state index in [4.69, 9.17) is 24.4 Å². The van der Waals surface area contributed by atoms with Crippen LogP contribution in [0.2, 0.25) is 0 Å². The maximum Gasteiger partial charge on any atom is 0.269 e. The average molecular weight is 571 g/mol. The highest BCUT2D eigenvalue weighted by Crippen LogP contribution is 2.42. The summed E-state index contributed by atoms with van der Waals surface area (Å²) in [6.45, 7) is 7.96. The van der Waals surface area contributed by atoms with Crippen molar-refractivity contribution >= 4 is 43.4 Å². The van der Waals surface area contributed by atoms with Crippen LogP contribution in [0.25, 0.3) is 31.7 Å². The van der Waals surface area contributed by atoms with Crippen LogP contribution in [0.5, 0.6) is 11.6 Å². The summed E-state index contributed by atoms with van der Waals surface area (Å²) < 4.78 is 12.3. The molecular weight excluding hydrogens is 540 g/mol. The van der Waals surface area contributed by atoms with Crippen molar-refractivity contribution in [3.05, 3.63) is 75.3 Å². The summed E-state index contributed by atoms with van der Waals surface area (Å²) in [6.07, 6.45) is 0.555. The van der Waals surface area contributed by atoms with E-state index in [-0.39, 0.29) is 10.6 Å². The van der Waals surface area contributed by atoms with Crippen LogP contribution in [0.15, 0.2) is 48.5 Å². The predicted molar refractivity (Wildman–Crippen MR) is 162 cm³/mol. The van der Waals surface area contributed by atoms with Crippen LogP contribution in [0, 0.1) is 17.0 Å². The maximum absolute atomic E-state index is 11.2. The monoisotopic (exact) mass is 570 g/mol. The fraction of sp³-hybridized carbons (Fsp3) is 0.300. The molecule has 11 heteroatoms. The van der Waals surface area contributed by atoms with Gasteiger partial charge in [-0.1, -0.05) is 12.1 Å². The zero-order chi connectivity index (χ0) is 28.5. The lowest BCUT2D eigenvalue weighted by Gasteiger charge is -2.27. The van der Waals surface area contributed by atoms with Gasteiger partial charge in [-0.15, -0.1) is 11.3 Å². The molecule has 1 saturated heterocycles. The lowest BCUT2D eigenvalue weighted by atomic mass is 9.94. The average Bonchev–Trinajstić information content (AvgIpc) is 3.38. The number of fused-ring (bicyclic) bond motifs is 3. The van der Waals surface area contributed by atoms with Gasteiger partial charge in [0.2, 0.25) is 11.8 Å². The number of aryl methyl sites for hydroxylation is 1. The largest absolute Gasteiger partial charge is 0.497 e. The molecule has 0 saturated carbocycles. The number of benzene rings is 2. The number of methoxy groups -OCH3 is 1. The van der Waals surface area contributed by atoms with E-state index in [0.717, 1.165) is 80.3 Å². The summed E-state index contributed by atoms with van der Waals surface area (Å²) in [5.74, 6) is 2.01. The summed E-state index contributed by atoms with van der Waals surface area (Å²) in [7, 11) is 1.65. The first kappa shape index (κ1) is 26.9. The number of piperazine rings is 1. The molecule has 0 bridgehead atoms. The van der Waals surface area contributed by atoms with E-state index in [1.54, 1.807) is 30.6 Å². The second-order valence-electron chi connectivity index (χ2n) is 9.85. The van der Waals surface area contributed by atoms with Crippen LogP contribution in [0.1, 0.15) is 23.6 Å². The Kier molecular flexibility index (Phi) is 7.38. The van der Waals surface area contributed by atoms with Crippen LogP contribution in [-0.4, -0.2) is 59.8 Å². The quantitative estimate of drug-likeness (QED) is 0.190. The molecule has 1 aliphatic rings. The minimum Gasteiger partial charge on any atom is -0.497 e. The predicted octanol–water partition coefficient (Wildman–Crippen LogP) is 5.53. The molecule has 1 N–H and O–H groups in total. The molecule has 5 aromatic rings. The molecule has 0 unspecified atom stereocenters. The highest BCUT2D eigenvalue weighted by Gasteiger charge is 2.24. The van der Waals surface area contributed by atoms with Gasteiger partial charge < -0.3 is 19.7 Å². The van der Waals surface area contributed by atoms with Crippen molar-refractivity contribution in [2.45, 2.75) is 20.3 Å². The minimum atomic E-state index is -0.380. The molecule has 2 aromatic carbocycles. The van der Waals surface area contributed by atoms with Crippen LogP contribution in [0.4, 0.5) is 11.6 Å². The zero-order valence-electron chi connectivity index (χ0n) is 23.1. The van der Waals surface area contributed by atoms with Gasteiger partial charge in [0, 0.05) is 49.3 Å². The SMILES string of the molecule is CCOc1nc(N2CCNCC2)nc2c1sc1nc(-c3ccc(OC)cc3)c(Cc3ccc([N+](=O)[O-])cc3)c(C)c12. The number of anilines is 1. The van der Waals surface area contributed by atoms with Crippen molar-refractivity contribution in [2.75, 3.05) is 44.8 Å². The zero-order valence-corrected chi connectivity index (χ0v) is 24.0. The fourth-order valence-corrected chi connectivity index (χ4v) is 6.35. The van der Waals surface area contributed by atoms with Gasteiger partial charge in [0.15, 0.2) is 0 Å². The number of pyridine rings is 1. The number of aromatic nitrogens is 3. The second-order valence-corrected chi connectivity index (χ2v) is 10.9. The van der Waals surface area contributed by atoms with E-state index in [1.165, 1.54) is 0 Å². The second kappa shape index (κ2) is 11.3. The Labute approximate surface area is 241 Å². The van der Waals surface area contributed by atoms with Crippen molar-refractivity contribution in [2.24, 2.45) is 0 Å². The van der Waals surface area contributed by atoms with Crippen LogP contribution >= 0.6 is 11.3 Å². The lowest BCUT2D eigenvalue weighted by Crippen LogP contribution is -2.44. The third kappa shape index (κ3) is 5.14. The molecular formula is C30H30N6O4S. The van der Waals surface area contributed by atoms with E-state index >= 15 is 0 Å². The molecule has 4 heterocycles. The Morgan fingerprint density at radius 1 is 1.05 bits per heavy atom. The molecule has 0 spiro atoms. The van der Waals surface area contributed by atoms with E-state index in [9.17, 15) is 10.1 Å². The van der Waals surface area contributed by atoms with Gasteiger partial charge >= 0.3 is 0 Å².